The molecule has 0 aromatic heterocycles. The molecule has 1 heterocycles. The van der Waals surface area contributed by atoms with Gasteiger partial charge in [-0.15, -0.1) is 12.4 Å². The molecular weight excluding hydrogens is 399 g/mol. The van der Waals surface area contributed by atoms with Crippen molar-refractivity contribution in [1.29, 1.82) is 0 Å². The zero-order valence-corrected chi connectivity index (χ0v) is 17.5. The fraction of sp³-hybridized carbons (Fsp3) is 0.562. The molecule has 2 rings (SSSR count). The lowest BCUT2D eigenvalue weighted by Crippen LogP contribution is -2.35. The highest BCUT2D eigenvalue weighted by Gasteiger charge is 2.33. The van der Waals surface area contributed by atoms with E-state index < -0.39 is 10.0 Å². The maximum absolute atomic E-state index is 12.3. The number of amides is 1. The van der Waals surface area contributed by atoms with Gasteiger partial charge in [0, 0.05) is 26.3 Å². The van der Waals surface area contributed by atoms with Crippen molar-refractivity contribution in [3.8, 4) is 0 Å². The van der Waals surface area contributed by atoms with Crippen LogP contribution in [-0.4, -0.2) is 63.8 Å². The summed E-state index contributed by atoms with van der Waals surface area (Å²) in [5.41, 5.74) is 6.23. The Kier molecular flexibility index (Phi) is 7.88. The molecule has 1 unspecified atom stereocenters. The van der Waals surface area contributed by atoms with E-state index in [2.05, 4.69) is 17.1 Å². The first kappa shape index (κ1) is 23.1. The second-order valence-electron chi connectivity index (χ2n) is 6.96. The van der Waals surface area contributed by atoms with Crippen molar-refractivity contribution in [2.24, 2.45) is 11.1 Å². The quantitative estimate of drug-likeness (QED) is 0.722. The summed E-state index contributed by atoms with van der Waals surface area (Å²) in [7, 11) is -0.823. The van der Waals surface area contributed by atoms with Crippen molar-refractivity contribution in [2.75, 3.05) is 45.6 Å². The fourth-order valence-electron chi connectivity index (χ4n) is 2.81. The first-order valence-corrected chi connectivity index (χ1v) is 9.83. The van der Waals surface area contributed by atoms with E-state index in [9.17, 15) is 13.2 Å². The highest BCUT2D eigenvalue weighted by Crippen LogP contribution is 2.29. The van der Waals surface area contributed by atoms with Gasteiger partial charge in [0.2, 0.25) is 15.9 Å². The summed E-state index contributed by atoms with van der Waals surface area (Å²) in [6.45, 7) is 4.55. The molecule has 1 aliphatic rings. The van der Waals surface area contributed by atoms with Gasteiger partial charge in [-0.1, -0.05) is 18.5 Å². The average Bonchev–Trinajstić information content (AvgIpc) is 2.90. The van der Waals surface area contributed by atoms with Gasteiger partial charge in [-0.3, -0.25) is 9.69 Å². The minimum absolute atomic E-state index is 0. The van der Waals surface area contributed by atoms with Crippen molar-refractivity contribution >= 4 is 45.6 Å². The predicted molar refractivity (Wildman–Crippen MR) is 106 cm³/mol. The van der Waals surface area contributed by atoms with E-state index in [1.54, 1.807) is 6.07 Å². The molecule has 10 heteroatoms. The van der Waals surface area contributed by atoms with Gasteiger partial charge in [-0.25, -0.2) is 12.7 Å². The largest absolute Gasteiger partial charge is 0.330 e. The smallest absolute Gasteiger partial charge is 0.244 e. The van der Waals surface area contributed by atoms with Crippen LogP contribution in [0.5, 0.6) is 0 Å². The van der Waals surface area contributed by atoms with Crippen molar-refractivity contribution in [3.63, 3.8) is 0 Å². The molecular formula is C16H26Cl2N4O3S. The van der Waals surface area contributed by atoms with E-state index in [4.69, 9.17) is 17.3 Å². The summed E-state index contributed by atoms with van der Waals surface area (Å²) in [6.07, 6.45) is 0.961. The van der Waals surface area contributed by atoms with E-state index in [0.717, 1.165) is 23.8 Å². The average molecular weight is 425 g/mol. The Morgan fingerprint density at radius 2 is 2.08 bits per heavy atom. The number of likely N-dealkylation sites (tertiary alicyclic amines) is 1. The number of hydrogen-bond donors (Lipinski definition) is 2. The number of nitrogens with zero attached hydrogens (tertiary/aromatic N) is 2. The summed E-state index contributed by atoms with van der Waals surface area (Å²) in [5.74, 6) is -0.197. The number of anilines is 1. The van der Waals surface area contributed by atoms with Crippen LogP contribution >= 0.6 is 24.0 Å². The molecule has 1 amide bonds. The van der Waals surface area contributed by atoms with Crippen LogP contribution in [0.25, 0.3) is 0 Å². The zero-order valence-electron chi connectivity index (χ0n) is 15.2. The molecule has 1 aromatic rings. The molecule has 0 aliphatic carbocycles. The van der Waals surface area contributed by atoms with Gasteiger partial charge in [0.25, 0.3) is 0 Å². The number of halogens is 2. The lowest BCUT2D eigenvalue weighted by atomic mass is 9.90. The molecule has 1 atom stereocenters. The molecule has 1 aliphatic heterocycles. The SMILES string of the molecule is CN(C)S(=O)(=O)c1cc(NC(=O)CN2CCC(C)(CN)C2)ccc1Cl.Cl. The van der Waals surface area contributed by atoms with Crippen LogP contribution in [0.2, 0.25) is 5.02 Å². The number of nitrogens with two attached hydrogens (primary N) is 1. The topological polar surface area (TPSA) is 95.7 Å². The Labute approximate surface area is 166 Å². The van der Waals surface area contributed by atoms with Crippen molar-refractivity contribution in [3.05, 3.63) is 23.2 Å². The van der Waals surface area contributed by atoms with Gasteiger partial charge in [-0.2, -0.15) is 0 Å². The number of rotatable bonds is 6. The molecule has 1 saturated heterocycles. The van der Waals surface area contributed by atoms with E-state index >= 15 is 0 Å². The van der Waals surface area contributed by atoms with E-state index in [1.165, 1.54) is 26.2 Å². The molecule has 148 valence electrons. The first-order chi connectivity index (χ1) is 11.6. The Balaban J connectivity index is 0.00000338. The molecule has 0 saturated carbocycles. The second-order valence-corrected chi connectivity index (χ2v) is 9.48. The van der Waals surface area contributed by atoms with Gasteiger partial charge in [0.05, 0.1) is 11.6 Å². The Hall–Kier alpha value is -0.900. The second kappa shape index (κ2) is 8.86. The van der Waals surface area contributed by atoms with Crippen molar-refractivity contribution in [2.45, 2.75) is 18.2 Å². The molecule has 7 nitrogen and oxygen atoms in total. The summed E-state index contributed by atoms with van der Waals surface area (Å²) in [5, 5.41) is 2.86. The van der Waals surface area contributed by atoms with Gasteiger partial charge in [0.1, 0.15) is 4.90 Å². The normalized spacial score (nSPS) is 20.8. The predicted octanol–water partition coefficient (Wildman–Crippen LogP) is 1.62. The summed E-state index contributed by atoms with van der Waals surface area (Å²) < 4.78 is 25.6. The van der Waals surface area contributed by atoms with Gasteiger partial charge >= 0.3 is 0 Å². The van der Waals surface area contributed by atoms with Gasteiger partial charge < -0.3 is 11.1 Å². The molecule has 26 heavy (non-hydrogen) atoms. The highest BCUT2D eigenvalue weighted by molar-refractivity contribution is 7.89. The van der Waals surface area contributed by atoms with Crippen LogP contribution in [0.4, 0.5) is 5.69 Å². The molecule has 0 bridgehead atoms. The summed E-state index contributed by atoms with van der Waals surface area (Å²) in [6, 6.07) is 4.43. The third-order valence-corrected chi connectivity index (χ3v) is 6.77. The molecule has 3 N–H and O–H groups in total. The number of nitrogens with one attached hydrogen (secondary N) is 1. The molecule has 0 radical (unpaired) electrons. The number of sulfonamides is 1. The summed E-state index contributed by atoms with van der Waals surface area (Å²) in [4.78, 5) is 14.3. The van der Waals surface area contributed by atoms with Crippen LogP contribution in [-0.2, 0) is 14.8 Å². The van der Waals surface area contributed by atoms with Gasteiger partial charge in [-0.05, 0) is 43.1 Å². The third kappa shape index (κ3) is 5.31. The maximum Gasteiger partial charge on any atom is 0.244 e. The van der Waals surface area contributed by atoms with Crippen molar-refractivity contribution < 1.29 is 13.2 Å². The monoisotopic (exact) mass is 424 g/mol. The van der Waals surface area contributed by atoms with E-state index in [0.29, 0.717) is 12.2 Å². The number of benzene rings is 1. The van der Waals surface area contributed by atoms with Crippen LogP contribution in [0.3, 0.4) is 0 Å². The molecule has 1 fully saturated rings. The highest BCUT2D eigenvalue weighted by atomic mass is 35.5. The van der Waals surface area contributed by atoms with Crippen LogP contribution in [0.15, 0.2) is 23.1 Å². The Morgan fingerprint density at radius 1 is 1.42 bits per heavy atom. The summed E-state index contributed by atoms with van der Waals surface area (Å²) >= 11 is 6.01. The standard InChI is InChI=1S/C16H25ClN4O3S.ClH/c1-16(10-18)6-7-21(11-16)9-15(22)19-12-4-5-13(17)14(8-12)25(23,24)20(2)3;/h4-5,8H,6-7,9-11,18H2,1-3H3,(H,19,22);1H. The minimum Gasteiger partial charge on any atom is -0.330 e. The Morgan fingerprint density at radius 3 is 2.62 bits per heavy atom. The van der Waals surface area contributed by atoms with E-state index in [1.807, 2.05) is 0 Å². The number of carbonyl (C=O) groups excluding carboxylic acids is 1. The lowest BCUT2D eigenvalue weighted by molar-refractivity contribution is -0.117. The Bertz CT molecular complexity index is 758. The molecule has 0 spiro atoms. The van der Waals surface area contributed by atoms with Gasteiger partial charge in [0.15, 0.2) is 0 Å². The minimum atomic E-state index is -3.68. The third-order valence-electron chi connectivity index (χ3n) is 4.47. The number of carbonyl (C=O) groups is 1. The fourth-order valence-corrected chi connectivity index (χ4v) is 4.20. The van der Waals surface area contributed by atoms with Crippen LogP contribution in [0.1, 0.15) is 13.3 Å². The maximum atomic E-state index is 12.3. The number of hydrogen-bond acceptors (Lipinski definition) is 5. The van der Waals surface area contributed by atoms with Crippen LogP contribution < -0.4 is 11.1 Å². The van der Waals surface area contributed by atoms with Crippen molar-refractivity contribution in [1.82, 2.24) is 9.21 Å². The van der Waals surface area contributed by atoms with Crippen LogP contribution in [0, 0.1) is 5.41 Å². The first-order valence-electron chi connectivity index (χ1n) is 8.02. The lowest BCUT2D eigenvalue weighted by Gasteiger charge is -2.22. The molecule has 1 aromatic carbocycles. The zero-order chi connectivity index (χ0) is 18.8. The van der Waals surface area contributed by atoms with E-state index in [-0.39, 0.29) is 40.2 Å².